The van der Waals surface area contributed by atoms with Crippen LogP contribution >= 0.6 is 23.2 Å². The van der Waals surface area contributed by atoms with Crippen molar-refractivity contribution in [1.29, 1.82) is 0 Å². The van der Waals surface area contributed by atoms with E-state index < -0.39 is 0 Å². The zero-order valence-electron chi connectivity index (χ0n) is 16.1. The number of nitrogens with two attached hydrogens (primary N) is 1. The van der Waals surface area contributed by atoms with E-state index in [1.165, 1.54) is 0 Å². The number of carbonyl (C=O) groups is 1. The van der Waals surface area contributed by atoms with Crippen LogP contribution in [0, 0.1) is 0 Å². The van der Waals surface area contributed by atoms with Crippen molar-refractivity contribution in [1.82, 2.24) is 5.32 Å². The Morgan fingerprint density at radius 1 is 1.00 bits per heavy atom. The standard InChI is InChI=1S/C23H23Cl2N3O/c1-2-21(16-6-4-3-5-7-16)28-23(29)17-9-11-22(20(26)13-17)27-14-15-8-10-18(24)19(25)12-15/h3-13,21,27H,2,14,26H2,1H3,(H,28,29). The maximum atomic E-state index is 12.7. The minimum absolute atomic E-state index is 0.0441. The van der Waals surface area contributed by atoms with Gasteiger partial charge in [0, 0.05) is 12.1 Å². The molecule has 0 saturated carbocycles. The summed E-state index contributed by atoms with van der Waals surface area (Å²) in [6, 6.07) is 20.6. The van der Waals surface area contributed by atoms with Crippen LogP contribution in [0.25, 0.3) is 0 Å². The third-order valence-corrected chi connectivity index (χ3v) is 5.44. The molecule has 0 saturated heterocycles. The normalized spacial score (nSPS) is 11.7. The molecule has 0 bridgehead atoms. The van der Waals surface area contributed by atoms with Gasteiger partial charge >= 0.3 is 0 Å². The van der Waals surface area contributed by atoms with Crippen molar-refractivity contribution >= 4 is 40.5 Å². The highest BCUT2D eigenvalue weighted by Crippen LogP contribution is 2.25. The van der Waals surface area contributed by atoms with Gasteiger partial charge in [0.2, 0.25) is 0 Å². The van der Waals surface area contributed by atoms with Gasteiger partial charge in [-0.2, -0.15) is 0 Å². The summed E-state index contributed by atoms with van der Waals surface area (Å²) in [6.07, 6.45) is 0.800. The van der Waals surface area contributed by atoms with E-state index in [4.69, 9.17) is 28.9 Å². The zero-order chi connectivity index (χ0) is 20.8. The lowest BCUT2D eigenvalue weighted by Gasteiger charge is -2.18. The predicted molar refractivity (Wildman–Crippen MR) is 122 cm³/mol. The summed E-state index contributed by atoms with van der Waals surface area (Å²) < 4.78 is 0. The topological polar surface area (TPSA) is 67.2 Å². The van der Waals surface area contributed by atoms with Gasteiger partial charge in [-0.15, -0.1) is 0 Å². The van der Waals surface area contributed by atoms with Crippen molar-refractivity contribution in [2.75, 3.05) is 11.1 Å². The van der Waals surface area contributed by atoms with E-state index in [9.17, 15) is 4.79 Å². The lowest BCUT2D eigenvalue weighted by atomic mass is 10.0. The van der Waals surface area contributed by atoms with Crippen molar-refractivity contribution in [3.8, 4) is 0 Å². The van der Waals surface area contributed by atoms with Crippen LogP contribution in [0.5, 0.6) is 0 Å². The molecule has 4 nitrogen and oxygen atoms in total. The molecule has 3 aromatic rings. The number of hydrogen-bond acceptors (Lipinski definition) is 3. The summed E-state index contributed by atoms with van der Waals surface area (Å²) in [5, 5.41) is 7.36. The first-order valence-corrected chi connectivity index (χ1v) is 10.2. The van der Waals surface area contributed by atoms with Crippen molar-refractivity contribution < 1.29 is 4.79 Å². The molecule has 0 aliphatic rings. The summed E-state index contributed by atoms with van der Waals surface area (Å²) >= 11 is 12.0. The van der Waals surface area contributed by atoms with Crippen molar-refractivity contribution in [2.45, 2.75) is 25.9 Å². The Hall–Kier alpha value is -2.69. The zero-order valence-corrected chi connectivity index (χ0v) is 17.6. The van der Waals surface area contributed by atoms with Crippen LogP contribution in [0.1, 0.15) is 40.9 Å². The average molecular weight is 428 g/mol. The van der Waals surface area contributed by atoms with Gasteiger partial charge in [-0.25, -0.2) is 0 Å². The monoisotopic (exact) mass is 427 g/mol. The summed E-state index contributed by atoms with van der Waals surface area (Å²) in [5.74, 6) is -0.150. The fraction of sp³-hybridized carbons (Fsp3) is 0.174. The molecule has 0 aromatic heterocycles. The number of nitrogens with one attached hydrogen (secondary N) is 2. The highest BCUT2D eigenvalue weighted by atomic mass is 35.5. The van der Waals surface area contributed by atoms with E-state index in [0.717, 1.165) is 23.2 Å². The van der Waals surface area contributed by atoms with E-state index in [1.54, 1.807) is 18.2 Å². The molecule has 1 atom stereocenters. The molecule has 0 heterocycles. The smallest absolute Gasteiger partial charge is 0.251 e. The van der Waals surface area contributed by atoms with Crippen LogP contribution in [0.15, 0.2) is 66.7 Å². The van der Waals surface area contributed by atoms with Gasteiger partial charge in [-0.05, 0) is 47.9 Å². The molecule has 150 valence electrons. The number of anilines is 2. The third kappa shape index (κ3) is 5.43. The lowest BCUT2D eigenvalue weighted by molar-refractivity contribution is 0.0935. The molecule has 0 aliphatic heterocycles. The minimum atomic E-state index is -0.150. The largest absolute Gasteiger partial charge is 0.397 e. The molecule has 0 fully saturated rings. The predicted octanol–water partition coefficient (Wildman–Crippen LogP) is 6.07. The number of benzene rings is 3. The SMILES string of the molecule is CCC(NC(=O)c1ccc(NCc2ccc(Cl)c(Cl)c2)c(N)c1)c1ccccc1. The van der Waals surface area contributed by atoms with E-state index in [-0.39, 0.29) is 11.9 Å². The van der Waals surface area contributed by atoms with E-state index in [2.05, 4.69) is 10.6 Å². The number of rotatable bonds is 7. The fourth-order valence-corrected chi connectivity index (χ4v) is 3.38. The van der Waals surface area contributed by atoms with Gasteiger partial charge in [0.05, 0.1) is 27.5 Å². The molecule has 6 heteroatoms. The fourth-order valence-electron chi connectivity index (χ4n) is 3.06. The van der Waals surface area contributed by atoms with Crippen LogP contribution in [-0.4, -0.2) is 5.91 Å². The molecule has 29 heavy (non-hydrogen) atoms. The van der Waals surface area contributed by atoms with Crippen LogP contribution in [0.3, 0.4) is 0 Å². The maximum absolute atomic E-state index is 12.7. The molecule has 0 radical (unpaired) electrons. The number of hydrogen-bond donors (Lipinski definition) is 3. The first kappa shape index (κ1) is 21.0. The Bertz CT molecular complexity index is 993. The van der Waals surface area contributed by atoms with Gasteiger partial charge in [-0.1, -0.05) is 66.5 Å². The molecule has 1 amide bonds. The van der Waals surface area contributed by atoms with Crippen molar-refractivity contribution in [2.24, 2.45) is 0 Å². The van der Waals surface area contributed by atoms with Gasteiger partial charge in [0.1, 0.15) is 0 Å². The molecule has 3 aromatic carbocycles. The molecule has 4 N–H and O–H groups in total. The second kappa shape index (κ2) is 9.68. The Balaban J connectivity index is 1.66. The summed E-state index contributed by atoms with van der Waals surface area (Å²) in [5.41, 5.74) is 10.0. The molecule has 0 spiro atoms. The third-order valence-electron chi connectivity index (χ3n) is 4.70. The second-order valence-corrected chi connectivity index (χ2v) is 7.56. The second-order valence-electron chi connectivity index (χ2n) is 6.75. The van der Waals surface area contributed by atoms with Gasteiger partial charge < -0.3 is 16.4 Å². The minimum Gasteiger partial charge on any atom is -0.397 e. The molecular weight excluding hydrogens is 405 g/mol. The van der Waals surface area contributed by atoms with E-state index in [1.807, 2.05) is 55.5 Å². The first-order valence-electron chi connectivity index (χ1n) is 9.41. The highest BCUT2D eigenvalue weighted by molar-refractivity contribution is 6.42. The molecule has 3 rings (SSSR count). The quantitative estimate of drug-likeness (QED) is 0.400. The Morgan fingerprint density at radius 3 is 2.41 bits per heavy atom. The highest BCUT2D eigenvalue weighted by Gasteiger charge is 2.15. The van der Waals surface area contributed by atoms with E-state index >= 15 is 0 Å². The number of amides is 1. The van der Waals surface area contributed by atoms with Gasteiger partial charge in [-0.3, -0.25) is 4.79 Å². The van der Waals surface area contributed by atoms with Gasteiger partial charge in [0.25, 0.3) is 5.91 Å². The summed E-state index contributed by atoms with van der Waals surface area (Å²) in [7, 11) is 0. The van der Waals surface area contributed by atoms with Crippen LogP contribution in [0.2, 0.25) is 10.0 Å². The number of halogens is 2. The van der Waals surface area contributed by atoms with Crippen LogP contribution in [0.4, 0.5) is 11.4 Å². The van der Waals surface area contributed by atoms with Crippen LogP contribution in [-0.2, 0) is 6.54 Å². The number of nitrogen functional groups attached to an aromatic ring is 1. The first-order chi connectivity index (χ1) is 14.0. The van der Waals surface area contributed by atoms with E-state index in [0.29, 0.717) is 27.8 Å². The molecular formula is C23H23Cl2N3O. The average Bonchev–Trinajstić information content (AvgIpc) is 2.74. The Morgan fingerprint density at radius 2 is 1.76 bits per heavy atom. The maximum Gasteiger partial charge on any atom is 0.251 e. The Kier molecular flexibility index (Phi) is 7.02. The number of carbonyl (C=O) groups excluding carboxylic acids is 1. The summed E-state index contributed by atoms with van der Waals surface area (Å²) in [6.45, 7) is 2.58. The Labute approximate surface area is 181 Å². The lowest BCUT2D eigenvalue weighted by Crippen LogP contribution is -2.28. The molecule has 1 unspecified atom stereocenters. The van der Waals surface area contributed by atoms with Crippen LogP contribution < -0.4 is 16.4 Å². The van der Waals surface area contributed by atoms with Crippen molar-refractivity contribution in [3.63, 3.8) is 0 Å². The van der Waals surface area contributed by atoms with Gasteiger partial charge in [0.15, 0.2) is 0 Å². The van der Waals surface area contributed by atoms with Crippen molar-refractivity contribution in [3.05, 3.63) is 93.5 Å². The summed E-state index contributed by atoms with van der Waals surface area (Å²) in [4.78, 5) is 12.7. The molecule has 0 aliphatic carbocycles.